The lowest BCUT2D eigenvalue weighted by Gasteiger charge is -2.41. The number of nitrogens with zero attached hydrogens (tertiary/aromatic N) is 1. The van der Waals surface area contributed by atoms with Gasteiger partial charge in [-0.3, -0.25) is 0 Å². The molecule has 0 bridgehead atoms. The van der Waals surface area contributed by atoms with E-state index in [1.165, 1.54) is 6.07 Å². The molecule has 222 valence electrons. The molecule has 2 aromatic rings. The fourth-order valence-electron chi connectivity index (χ4n) is 3.29. The van der Waals surface area contributed by atoms with Crippen LogP contribution in [-0.4, -0.2) is 48.6 Å². The first-order valence-electron chi connectivity index (χ1n) is 11.0. The number of hydrogen-bond donors (Lipinski definition) is 4. The van der Waals surface area contributed by atoms with Gasteiger partial charge in [-0.15, -0.1) is 0 Å². The Morgan fingerprint density at radius 3 is 1.50 bits per heavy atom. The monoisotopic (exact) mass is 595 g/mol. The van der Waals surface area contributed by atoms with Crippen LogP contribution >= 0.6 is 0 Å². The number of alkyl halides is 12. The summed E-state index contributed by atoms with van der Waals surface area (Å²) in [5.74, 6) is -41.8. The van der Waals surface area contributed by atoms with E-state index in [1.54, 1.807) is 6.07 Å². The molecular weight excluding hydrogens is 574 g/mol. The van der Waals surface area contributed by atoms with Gasteiger partial charge in [0.05, 0.1) is 23.0 Å². The number of nitriles is 1. The Bertz CT molecular complexity index is 1210. The maximum absolute atomic E-state index is 14.1. The Hall–Kier alpha value is -3.71. The topological polar surface area (TPSA) is 99.9 Å². The highest BCUT2D eigenvalue weighted by atomic mass is 19.4. The highest BCUT2D eigenvalue weighted by Gasteiger charge is 2.89. The van der Waals surface area contributed by atoms with Crippen LogP contribution in [0.25, 0.3) is 0 Å². The van der Waals surface area contributed by atoms with E-state index < -0.39 is 61.5 Å². The summed E-state index contributed by atoms with van der Waals surface area (Å²) in [4.78, 5) is 0. The molecule has 2 rings (SSSR count). The zero-order chi connectivity index (χ0) is 30.8. The molecule has 0 fully saturated rings. The Morgan fingerprint density at radius 1 is 0.625 bits per heavy atom. The van der Waals surface area contributed by atoms with Crippen molar-refractivity contribution in [1.82, 2.24) is 0 Å². The molecule has 6 N–H and O–H groups in total. The third-order valence-electron chi connectivity index (χ3n) is 5.71. The lowest BCUT2D eigenvalue weighted by atomic mass is 9.89. The van der Waals surface area contributed by atoms with Gasteiger partial charge in [-0.05, 0) is 42.5 Å². The van der Waals surface area contributed by atoms with Gasteiger partial charge in [0.1, 0.15) is 0 Å². The predicted molar refractivity (Wildman–Crippen MR) is 122 cm³/mol. The SMILES string of the molecule is N#Cc1ccc(NCCC(F)(F)C(F)(F)C(F)(F)C(F)(F)C(F)(F)C(F)(F)CCNc2ccc(N)cc2N)cc1. The number of nitrogens with two attached hydrogens (primary N) is 2. The first kappa shape index (κ1) is 32.5. The molecule has 0 unspecified atom stereocenters. The van der Waals surface area contributed by atoms with E-state index in [1.807, 2.05) is 5.32 Å². The predicted octanol–water partition coefficient (Wildman–Crippen LogP) is 6.84. The number of rotatable bonds is 13. The Morgan fingerprint density at radius 2 is 1.07 bits per heavy atom. The number of halogens is 12. The molecule has 0 aliphatic rings. The van der Waals surface area contributed by atoms with Crippen molar-refractivity contribution in [2.24, 2.45) is 0 Å². The van der Waals surface area contributed by atoms with E-state index in [0.717, 1.165) is 36.4 Å². The minimum Gasteiger partial charge on any atom is -0.399 e. The molecule has 0 amide bonds. The first-order chi connectivity index (χ1) is 18.1. The van der Waals surface area contributed by atoms with E-state index >= 15 is 0 Å². The summed E-state index contributed by atoms with van der Waals surface area (Å²) < 4.78 is 169. The Labute approximate surface area is 219 Å². The second-order valence-corrected chi connectivity index (χ2v) is 8.60. The maximum atomic E-state index is 14.1. The van der Waals surface area contributed by atoms with Crippen LogP contribution in [0.1, 0.15) is 18.4 Å². The van der Waals surface area contributed by atoms with Crippen LogP contribution in [0.3, 0.4) is 0 Å². The fraction of sp³-hybridized carbons (Fsp3) is 0.435. The first-order valence-corrected chi connectivity index (χ1v) is 11.0. The van der Waals surface area contributed by atoms with Crippen molar-refractivity contribution in [1.29, 1.82) is 5.26 Å². The Kier molecular flexibility index (Phi) is 8.98. The molecule has 17 heteroatoms. The molecule has 0 aliphatic heterocycles. The van der Waals surface area contributed by atoms with Crippen LogP contribution in [0.15, 0.2) is 42.5 Å². The molecule has 5 nitrogen and oxygen atoms in total. The highest BCUT2D eigenvalue weighted by Crippen LogP contribution is 2.60. The van der Waals surface area contributed by atoms with Crippen molar-refractivity contribution >= 4 is 22.7 Å². The van der Waals surface area contributed by atoms with Crippen LogP contribution in [0.4, 0.5) is 75.4 Å². The third-order valence-corrected chi connectivity index (χ3v) is 5.71. The summed E-state index contributed by atoms with van der Waals surface area (Å²) in [7, 11) is 0. The number of nitrogens with one attached hydrogen (secondary N) is 2. The summed E-state index contributed by atoms with van der Waals surface area (Å²) in [5.41, 5.74) is 10.6. The molecule has 0 spiro atoms. The fourth-order valence-corrected chi connectivity index (χ4v) is 3.29. The van der Waals surface area contributed by atoms with Crippen molar-refractivity contribution < 1.29 is 52.7 Å². The molecule has 2 aromatic carbocycles. The van der Waals surface area contributed by atoms with Gasteiger partial charge in [0, 0.05) is 37.3 Å². The molecule has 0 aliphatic carbocycles. The standard InChI is InChI=1S/C23H21F12N5/c24-18(25,7-9-39-15-4-1-13(12-36)2-5-15)20(28,29)22(32,33)23(34,35)21(30,31)19(26,27)8-10-40-17-6-3-14(37)11-16(17)38/h1-6,11,39-40H,7-10,37-38H2. The number of hydrogen-bond acceptors (Lipinski definition) is 5. The van der Waals surface area contributed by atoms with E-state index in [0.29, 0.717) is 0 Å². The number of benzene rings is 2. The van der Waals surface area contributed by atoms with Crippen LogP contribution < -0.4 is 22.1 Å². The molecule has 0 saturated carbocycles. The maximum Gasteiger partial charge on any atom is 0.384 e. The summed E-state index contributed by atoms with van der Waals surface area (Å²) in [6, 6.07) is 9.61. The summed E-state index contributed by atoms with van der Waals surface area (Å²) >= 11 is 0. The van der Waals surface area contributed by atoms with Gasteiger partial charge >= 0.3 is 35.5 Å². The van der Waals surface area contributed by atoms with Gasteiger partial charge in [-0.1, -0.05) is 0 Å². The van der Waals surface area contributed by atoms with E-state index in [9.17, 15) is 52.7 Å². The normalized spacial score (nSPS) is 13.6. The summed E-state index contributed by atoms with van der Waals surface area (Å²) in [6.45, 7) is -2.56. The molecule has 0 atom stereocenters. The second-order valence-electron chi connectivity index (χ2n) is 8.60. The van der Waals surface area contributed by atoms with Gasteiger partial charge in [0.2, 0.25) is 0 Å². The lowest BCUT2D eigenvalue weighted by Crippen LogP contribution is -2.70. The summed E-state index contributed by atoms with van der Waals surface area (Å²) in [6.07, 6.45) is -4.60. The smallest absolute Gasteiger partial charge is 0.384 e. The van der Waals surface area contributed by atoms with Crippen molar-refractivity contribution in [3.05, 3.63) is 48.0 Å². The molecule has 40 heavy (non-hydrogen) atoms. The van der Waals surface area contributed by atoms with Gasteiger partial charge in [-0.25, -0.2) is 0 Å². The van der Waals surface area contributed by atoms with Crippen molar-refractivity contribution in [2.45, 2.75) is 48.4 Å². The van der Waals surface area contributed by atoms with Crippen molar-refractivity contribution in [2.75, 3.05) is 35.2 Å². The second kappa shape index (κ2) is 11.0. The minimum atomic E-state index is -7.64. The van der Waals surface area contributed by atoms with Gasteiger partial charge in [0.25, 0.3) is 0 Å². The molecular formula is C23H21F12N5. The highest BCUT2D eigenvalue weighted by molar-refractivity contribution is 5.70. The number of nitrogen functional groups attached to an aromatic ring is 2. The number of anilines is 4. The van der Waals surface area contributed by atoms with Crippen LogP contribution in [0.5, 0.6) is 0 Å². The van der Waals surface area contributed by atoms with E-state index in [-0.39, 0.29) is 28.3 Å². The van der Waals surface area contributed by atoms with Crippen molar-refractivity contribution in [3.63, 3.8) is 0 Å². The van der Waals surface area contributed by atoms with Crippen molar-refractivity contribution in [3.8, 4) is 6.07 Å². The zero-order valence-electron chi connectivity index (χ0n) is 20.0. The van der Waals surface area contributed by atoms with Crippen LogP contribution in [0, 0.1) is 11.3 Å². The van der Waals surface area contributed by atoms with E-state index in [4.69, 9.17) is 16.7 Å². The Balaban J connectivity index is 2.19. The van der Waals surface area contributed by atoms with Gasteiger partial charge in [0.15, 0.2) is 0 Å². The van der Waals surface area contributed by atoms with Gasteiger partial charge in [-0.2, -0.15) is 57.9 Å². The minimum absolute atomic E-state index is 0.0734. The largest absolute Gasteiger partial charge is 0.399 e. The third kappa shape index (κ3) is 5.89. The average molecular weight is 595 g/mol. The van der Waals surface area contributed by atoms with Gasteiger partial charge < -0.3 is 22.1 Å². The zero-order valence-corrected chi connectivity index (χ0v) is 20.0. The molecule has 0 aromatic heterocycles. The molecule has 0 saturated heterocycles. The van der Waals surface area contributed by atoms with Crippen LogP contribution in [-0.2, 0) is 0 Å². The lowest BCUT2D eigenvalue weighted by molar-refractivity contribution is -0.425. The van der Waals surface area contributed by atoms with Crippen LogP contribution in [0.2, 0.25) is 0 Å². The quantitative estimate of drug-likeness (QED) is 0.150. The average Bonchev–Trinajstić information content (AvgIpc) is 2.85. The summed E-state index contributed by atoms with van der Waals surface area (Å²) in [5, 5.41) is 12.8. The molecule has 0 radical (unpaired) electrons. The molecule has 0 heterocycles. The van der Waals surface area contributed by atoms with E-state index in [2.05, 4.69) is 5.32 Å².